The van der Waals surface area contributed by atoms with Gasteiger partial charge in [0.05, 0.1) is 12.1 Å². The van der Waals surface area contributed by atoms with Crippen LogP contribution in [0.3, 0.4) is 0 Å². The summed E-state index contributed by atoms with van der Waals surface area (Å²) in [6, 6.07) is 14.3. The van der Waals surface area contributed by atoms with Gasteiger partial charge in [0.15, 0.2) is 0 Å². The van der Waals surface area contributed by atoms with Crippen molar-refractivity contribution in [1.82, 2.24) is 4.98 Å². The molecule has 0 fully saturated rings. The van der Waals surface area contributed by atoms with Crippen molar-refractivity contribution in [3.8, 4) is 5.75 Å². The van der Waals surface area contributed by atoms with Gasteiger partial charge in [-0.1, -0.05) is 24.3 Å². The number of anilines is 1. The zero-order chi connectivity index (χ0) is 14.7. The lowest BCUT2D eigenvalue weighted by atomic mass is 10.1. The Morgan fingerprint density at radius 1 is 1.14 bits per heavy atom. The van der Waals surface area contributed by atoms with E-state index in [1.54, 1.807) is 30.6 Å². The van der Waals surface area contributed by atoms with Gasteiger partial charge in [-0.3, -0.25) is 9.78 Å². The molecule has 1 amide bonds. The lowest BCUT2D eigenvalue weighted by Crippen LogP contribution is -2.14. The van der Waals surface area contributed by atoms with Crippen molar-refractivity contribution in [3.63, 3.8) is 0 Å². The van der Waals surface area contributed by atoms with Gasteiger partial charge in [0.1, 0.15) is 5.75 Å². The number of phenols is 1. The highest BCUT2D eigenvalue weighted by Crippen LogP contribution is 2.22. The number of benzene rings is 2. The summed E-state index contributed by atoms with van der Waals surface area (Å²) in [4.78, 5) is 16.2. The highest BCUT2D eigenvalue weighted by atomic mass is 16.3. The summed E-state index contributed by atoms with van der Waals surface area (Å²) in [6.45, 7) is 0. The van der Waals surface area contributed by atoms with Crippen LogP contribution in [0.4, 0.5) is 5.69 Å². The Morgan fingerprint density at radius 3 is 2.86 bits per heavy atom. The molecule has 0 radical (unpaired) electrons. The van der Waals surface area contributed by atoms with Crippen molar-refractivity contribution in [1.29, 1.82) is 0 Å². The summed E-state index contributed by atoms with van der Waals surface area (Å²) < 4.78 is 0. The van der Waals surface area contributed by atoms with Crippen LogP contribution in [0.5, 0.6) is 5.75 Å². The molecule has 1 heterocycles. The van der Waals surface area contributed by atoms with Crippen molar-refractivity contribution in [2.75, 3.05) is 5.32 Å². The van der Waals surface area contributed by atoms with Crippen LogP contribution in [0.2, 0.25) is 0 Å². The second-order valence-corrected chi connectivity index (χ2v) is 4.80. The standard InChI is InChI=1S/C17H14N2O2/c20-14-5-1-3-12(9-14)10-17(21)19-16-6-2-4-13-7-8-18-11-15(13)16/h1-9,11,20H,10H2,(H,19,21). The van der Waals surface area contributed by atoms with Gasteiger partial charge in [-0.2, -0.15) is 0 Å². The highest BCUT2D eigenvalue weighted by molar-refractivity contribution is 6.02. The molecule has 21 heavy (non-hydrogen) atoms. The summed E-state index contributed by atoms with van der Waals surface area (Å²) in [5.41, 5.74) is 1.51. The van der Waals surface area contributed by atoms with Crippen molar-refractivity contribution >= 4 is 22.4 Å². The van der Waals surface area contributed by atoms with Crippen LogP contribution in [0, 0.1) is 0 Å². The van der Waals surface area contributed by atoms with E-state index in [4.69, 9.17) is 0 Å². The lowest BCUT2D eigenvalue weighted by molar-refractivity contribution is -0.115. The summed E-state index contributed by atoms with van der Waals surface area (Å²) in [5.74, 6) is 0.0339. The van der Waals surface area contributed by atoms with Crippen molar-refractivity contribution in [3.05, 3.63) is 66.5 Å². The molecule has 0 saturated carbocycles. The number of nitrogens with one attached hydrogen (secondary N) is 1. The molecule has 0 aliphatic carbocycles. The molecule has 3 rings (SSSR count). The summed E-state index contributed by atoms with van der Waals surface area (Å²) >= 11 is 0. The molecule has 0 unspecified atom stereocenters. The van der Waals surface area contributed by atoms with Crippen LogP contribution >= 0.6 is 0 Å². The van der Waals surface area contributed by atoms with Crippen LogP contribution in [-0.2, 0) is 11.2 Å². The largest absolute Gasteiger partial charge is 0.508 e. The number of hydrogen-bond donors (Lipinski definition) is 2. The number of amides is 1. The molecule has 0 saturated heterocycles. The van der Waals surface area contributed by atoms with Gasteiger partial charge in [-0.25, -0.2) is 0 Å². The van der Waals surface area contributed by atoms with E-state index in [-0.39, 0.29) is 18.1 Å². The van der Waals surface area contributed by atoms with Crippen LogP contribution < -0.4 is 5.32 Å². The average Bonchev–Trinajstić information content (AvgIpc) is 2.47. The Morgan fingerprint density at radius 2 is 2.00 bits per heavy atom. The number of hydrogen-bond acceptors (Lipinski definition) is 3. The van der Waals surface area contributed by atoms with Gasteiger partial charge in [-0.05, 0) is 35.2 Å². The number of fused-ring (bicyclic) bond motifs is 1. The fraction of sp³-hybridized carbons (Fsp3) is 0.0588. The van der Waals surface area contributed by atoms with E-state index in [2.05, 4.69) is 10.3 Å². The van der Waals surface area contributed by atoms with Gasteiger partial charge in [0, 0.05) is 17.8 Å². The SMILES string of the molecule is O=C(Cc1cccc(O)c1)Nc1cccc2ccncc12. The van der Waals surface area contributed by atoms with Crippen LogP contribution in [0.25, 0.3) is 10.8 Å². The van der Waals surface area contributed by atoms with Crippen LogP contribution in [0.1, 0.15) is 5.56 Å². The minimum atomic E-state index is -0.128. The van der Waals surface area contributed by atoms with E-state index < -0.39 is 0 Å². The Kier molecular flexibility index (Phi) is 3.51. The molecule has 0 spiro atoms. The predicted octanol–water partition coefficient (Wildman–Crippen LogP) is 3.12. The smallest absolute Gasteiger partial charge is 0.228 e. The molecule has 0 aliphatic rings. The zero-order valence-corrected chi connectivity index (χ0v) is 11.3. The van der Waals surface area contributed by atoms with Gasteiger partial charge in [0.2, 0.25) is 5.91 Å². The molecular formula is C17H14N2O2. The van der Waals surface area contributed by atoms with E-state index in [0.717, 1.165) is 22.0 Å². The van der Waals surface area contributed by atoms with Crippen LogP contribution in [-0.4, -0.2) is 16.0 Å². The molecule has 0 bridgehead atoms. The third-order valence-corrected chi connectivity index (χ3v) is 3.23. The number of carbonyl (C=O) groups is 1. The topological polar surface area (TPSA) is 62.2 Å². The summed E-state index contributed by atoms with van der Waals surface area (Å²) in [7, 11) is 0. The Balaban J connectivity index is 1.80. The van der Waals surface area contributed by atoms with Gasteiger partial charge >= 0.3 is 0 Å². The Labute approximate surface area is 122 Å². The number of aromatic nitrogens is 1. The fourth-order valence-electron chi connectivity index (χ4n) is 2.27. The minimum absolute atomic E-state index is 0.128. The summed E-state index contributed by atoms with van der Waals surface area (Å²) in [6.07, 6.45) is 3.67. The fourth-order valence-corrected chi connectivity index (χ4v) is 2.27. The number of rotatable bonds is 3. The minimum Gasteiger partial charge on any atom is -0.508 e. The second-order valence-electron chi connectivity index (χ2n) is 4.80. The first-order valence-electron chi connectivity index (χ1n) is 6.63. The van der Waals surface area contributed by atoms with Crippen LogP contribution in [0.15, 0.2) is 60.9 Å². The molecule has 0 aliphatic heterocycles. The van der Waals surface area contributed by atoms with Gasteiger partial charge < -0.3 is 10.4 Å². The molecule has 1 aromatic heterocycles. The number of nitrogens with zero attached hydrogens (tertiary/aromatic N) is 1. The first-order valence-corrected chi connectivity index (χ1v) is 6.63. The first kappa shape index (κ1) is 13.1. The molecule has 4 nitrogen and oxygen atoms in total. The molecule has 2 N–H and O–H groups in total. The second kappa shape index (κ2) is 5.63. The normalized spacial score (nSPS) is 10.5. The molecule has 104 valence electrons. The highest BCUT2D eigenvalue weighted by Gasteiger charge is 2.07. The molecular weight excluding hydrogens is 264 g/mol. The van der Waals surface area contributed by atoms with Crippen molar-refractivity contribution < 1.29 is 9.90 Å². The third kappa shape index (κ3) is 3.00. The quantitative estimate of drug-likeness (QED) is 0.773. The third-order valence-electron chi connectivity index (χ3n) is 3.23. The summed E-state index contributed by atoms with van der Waals surface area (Å²) in [5, 5.41) is 14.2. The number of phenolic OH excluding ortho intramolecular Hbond substituents is 1. The maximum absolute atomic E-state index is 12.1. The van der Waals surface area contributed by atoms with E-state index >= 15 is 0 Å². The maximum atomic E-state index is 12.1. The lowest BCUT2D eigenvalue weighted by Gasteiger charge is -2.08. The molecule has 4 heteroatoms. The predicted molar refractivity (Wildman–Crippen MR) is 82.2 cm³/mol. The van der Waals surface area contributed by atoms with Crippen molar-refractivity contribution in [2.45, 2.75) is 6.42 Å². The Bertz CT molecular complexity index is 794. The van der Waals surface area contributed by atoms with E-state index in [1.165, 1.54) is 0 Å². The maximum Gasteiger partial charge on any atom is 0.228 e. The molecule has 3 aromatic rings. The Hall–Kier alpha value is -2.88. The number of pyridine rings is 1. The van der Waals surface area contributed by atoms with Crippen molar-refractivity contribution in [2.24, 2.45) is 0 Å². The van der Waals surface area contributed by atoms with E-state index in [0.29, 0.717) is 0 Å². The number of carbonyl (C=O) groups excluding carboxylic acids is 1. The van der Waals surface area contributed by atoms with E-state index in [9.17, 15) is 9.90 Å². The number of aromatic hydroxyl groups is 1. The average molecular weight is 278 g/mol. The van der Waals surface area contributed by atoms with Gasteiger partial charge in [-0.15, -0.1) is 0 Å². The zero-order valence-electron chi connectivity index (χ0n) is 11.3. The molecule has 0 atom stereocenters. The van der Waals surface area contributed by atoms with Gasteiger partial charge in [0.25, 0.3) is 0 Å². The first-order chi connectivity index (χ1) is 10.2. The monoisotopic (exact) mass is 278 g/mol. The molecule has 2 aromatic carbocycles. The van der Waals surface area contributed by atoms with E-state index in [1.807, 2.05) is 30.3 Å².